The molecule has 2 heterocycles. The Hall–Kier alpha value is -2.27. The number of aromatic nitrogens is 1. The van der Waals surface area contributed by atoms with Crippen molar-refractivity contribution in [2.24, 2.45) is 0 Å². The maximum absolute atomic E-state index is 14.0. The number of carbonyl (C=O) groups is 1. The molecule has 1 aliphatic heterocycles. The second-order valence-electron chi connectivity index (χ2n) is 5.49. The molecule has 1 aromatic heterocycles. The van der Waals surface area contributed by atoms with Crippen molar-refractivity contribution in [3.8, 4) is 0 Å². The zero-order chi connectivity index (χ0) is 15.5. The zero-order valence-electron chi connectivity index (χ0n) is 12.4. The van der Waals surface area contributed by atoms with Gasteiger partial charge in [-0.15, -0.1) is 0 Å². The molecule has 1 aliphatic rings. The molecule has 114 valence electrons. The average Bonchev–Trinajstić information content (AvgIpc) is 2.57. The van der Waals surface area contributed by atoms with Gasteiger partial charge in [0.2, 0.25) is 0 Å². The first-order valence-electron chi connectivity index (χ1n) is 7.34. The van der Waals surface area contributed by atoms with E-state index in [-0.39, 0.29) is 17.5 Å². The molecule has 5 heteroatoms. The maximum atomic E-state index is 14.0. The third kappa shape index (κ3) is 2.85. The van der Waals surface area contributed by atoms with Crippen LogP contribution >= 0.6 is 0 Å². The van der Waals surface area contributed by atoms with Crippen LogP contribution in [0.25, 0.3) is 0 Å². The number of hydrogen-bond acceptors (Lipinski definition) is 3. The van der Waals surface area contributed by atoms with Gasteiger partial charge in [-0.05, 0) is 30.7 Å². The third-order valence-electron chi connectivity index (χ3n) is 3.93. The Kier molecular flexibility index (Phi) is 4.15. The molecule has 1 saturated heterocycles. The third-order valence-corrected chi connectivity index (χ3v) is 3.93. The first-order valence-corrected chi connectivity index (χ1v) is 7.34. The first-order chi connectivity index (χ1) is 10.7. The molecule has 1 atom stereocenters. The lowest BCUT2D eigenvalue weighted by atomic mass is 10.0. The lowest BCUT2D eigenvalue weighted by Gasteiger charge is -2.36. The van der Waals surface area contributed by atoms with Gasteiger partial charge in [0.05, 0.1) is 11.6 Å². The van der Waals surface area contributed by atoms with Crippen LogP contribution in [0.2, 0.25) is 0 Å². The van der Waals surface area contributed by atoms with E-state index in [9.17, 15) is 9.18 Å². The Labute approximate surface area is 129 Å². The molecule has 0 spiro atoms. The van der Waals surface area contributed by atoms with E-state index in [0.717, 1.165) is 11.1 Å². The monoisotopic (exact) mass is 299 g/mol. The van der Waals surface area contributed by atoms with Gasteiger partial charge in [-0.1, -0.05) is 17.7 Å². The van der Waals surface area contributed by atoms with Crippen LogP contribution in [0.1, 0.15) is 27.5 Å². The number of hydrogen-bond donors (Lipinski definition) is 1. The number of piperazine rings is 1. The van der Waals surface area contributed by atoms with Crippen LogP contribution in [-0.4, -0.2) is 35.4 Å². The van der Waals surface area contributed by atoms with Crippen molar-refractivity contribution in [3.05, 3.63) is 65.2 Å². The Morgan fingerprint density at radius 2 is 2.27 bits per heavy atom. The SMILES string of the molecule is Cc1ccc(F)c(C(=O)N2CCNCC2c2cccnc2)c1. The molecule has 3 rings (SSSR count). The number of pyridine rings is 1. The smallest absolute Gasteiger partial charge is 0.257 e. The van der Waals surface area contributed by atoms with E-state index in [0.29, 0.717) is 19.6 Å². The molecule has 0 aliphatic carbocycles. The van der Waals surface area contributed by atoms with Gasteiger partial charge in [-0.25, -0.2) is 4.39 Å². The lowest BCUT2D eigenvalue weighted by Crippen LogP contribution is -2.48. The maximum Gasteiger partial charge on any atom is 0.257 e. The molecule has 0 bridgehead atoms. The molecule has 2 aromatic rings. The first kappa shape index (κ1) is 14.7. The fourth-order valence-electron chi connectivity index (χ4n) is 2.78. The number of benzene rings is 1. The number of amides is 1. The topological polar surface area (TPSA) is 45.2 Å². The predicted octanol–water partition coefficient (Wildman–Crippen LogP) is 2.32. The second kappa shape index (κ2) is 6.23. The van der Waals surface area contributed by atoms with E-state index in [4.69, 9.17) is 0 Å². The summed E-state index contributed by atoms with van der Waals surface area (Å²) in [5, 5.41) is 3.28. The zero-order valence-corrected chi connectivity index (χ0v) is 12.4. The van der Waals surface area contributed by atoms with Crippen LogP contribution in [0.4, 0.5) is 4.39 Å². The standard InChI is InChI=1S/C17H18FN3O/c1-12-4-5-15(18)14(9-12)17(22)21-8-7-20-11-16(21)13-3-2-6-19-10-13/h2-6,9-10,16,20H,7-8,11H2,1H3. The van der Waals surface area contributed by atoms with Gasteiger partial charge >= 0.3 is 0 Å². The van der Waals surface area contributed by atoms with Gasteiger partial charge in [0.25, 0.3) is 5.91 Å². The average molecular weight is 299 g/mol. The largest absolute Gasteiger partial charge is 0.329 e. The van der Waals surface area contributed by atoms with E-state index in [2.05, 4.69) is 10.3 Å². The minimum Gasteiger partial charge on any atom is -0.329 e. The van der Waals surface area contributed by atoms with Crippen molar-refractivity contribution < 1.29 is 9.18 Å². The van der Waals surface area contributed by atoms with E-state index < -0.39 is 5.82 Å². The molecule has 1 unspecified atom stereocenters. The van der Waals surface area contributed by atoms with E-state index in [1.165, 1.54) is 6.07 Å². The van der Waals surface area contributed by atoms with Crippen LogP contribution in [0, 0.1) is 12.7 Å². The normalized spacial score (nSPS) is 18.3. The van der Waals surface area contributed by atoms with Crippen molar-refractivity contribution in [1.82, 2.24) is 15.2 Å². The Morgan fingerprint density at radius 1 is 1.41 bits per heavy atom. The van der Waals surface area contributed by atoms with E-state index >= 15 is 0 Å². The summed E-state index contributed by atoms with van der Waals surface area (Å²) in [6, 6.07) is 8.29. The molecule has 4 nitrogen and oxygen atoms in total. The minimum absolute atomic E-state index is 0.130. The van der Waals surface area contributed by atoms with E-state index in [1.54, 1.807) is 29.4 Å². The summed E-state index contributed by atoms with van der Waals surface area (Å²) in [5.41, 5.74) is 1.96. The quantitative estimate of drug-likeness (QED) is 0.925. The van der Waals surface area contributed by atoms with Crippen molar-refractivity contribution in [3.63, 3.8) is 0 Å². The van der Waals surface area contributed by atoms with E-state index in [1.807, 2.05) is 19.1 Å². The number of carbonyl (C=O) groups excluding carboxylic acids is 1. The van der Waals surface area contributed by atoms with Crippen LogP contribution in [0.5, 0.6) is 0 Å². The number of aryl methyl sites for hydroxylation is 1. The van der Waals surface area contributed by atoms with Gasteiger partial charge in [-0.2, -0.15) is 0 Å². The van der Waals surface area contributed by atoms with Crippen LogP contribution in [0.15, 0.2) is 42.7 Å². The molecule has 22 heavy (non-hydrogen) atoms. The van der Waals surface area contributed by atoms with Gasteiger partial charge < -0.3 is 10.2 Å². The summed E-state index contributed by atoms with van der Waals surface area (Å²) in [5.74, 6) is -0.740. The van der Waals surface area contributed by atoms with Gasteiger partial charge in [-0.3, -0.25) is 9.78 Å². The molecular formula is C17H18FN3O. The lowest BCUT2D eigenvalue weighted by molar-refractivity contribution is 0.0629. The number of nitrogens with zero attached hydrogens (tertiary/aromatic N) is 2. The van der Waals surface area contributed by atoms with Crippen molar-refractivity contribution >= 4 is 5.91 Å². The highest BCUT2D eigenvalue weighted by Crippen LogP contribution is 2.24. The number of rotatable bonds is 2. The highest BCUT2D eigenvalue weighted by Gasteiger charge is 2.30. The van der Waals surface area contributed by atoms with Crippen molar-refractivity contribution in [2.45, 2.75) is 13.0 Å². The Balaban J connectivity index is 1.93. The highest BCUT2D eigenvalue weighted by molar-refractivity contribution is 5.95. The summed E-state index contributed by atoms with van der Waals surface area (Å²) in [7, 11) is 0. The summed E-state index contributed by atoms with van der Waals surface area (Å²) in [6.45, 7) is 3.75. The summed E-state index contributed by atoms with van der Waals surface area (Å²) in [4.78, 5) is 18.6. The van der Waals surface area contributed by atoms with Crippen LogP contribution in [-0.2, 0) is 0 Å². The molecule has 1 amide bonds. The Morgan fingerprint density at radius 3 is 3.05 bits per heavy atom. The minimum atomic E-state index is -0.473. The molecule has 1 fully saturated rings. The Bertz CT molecular complexity index is 675. The molecule has 0 saturated carbocycles. The summed E-state index contributed by atoms with van der Waals surface area (Å²) < 4.78 is 14.0. The van der Waals surface area contributed by atoms with Gasteiger partial charge in [0.1, 0.15) is 5.82 Å². The fraction of sp³-hybridized carbons (Fsp3) is 0.294. The van der Waals surface area contributed by atoms with Crippen LogP contribution < -0.4 is 5.32 Å². The number of halogens is 1. The molecule has 1 N–H and O–H groups in total. The number of nitrogens with one attached hydrogen (secondary N) is 1. The van der Waals surface area contributed by atoms with Crippen LogP contribution in [0.3, 0.4) is 0 Å². The second-order valence-corrected chi connectivity index (χ2v) is 5.49. The molecular weight excluding hydrogens is 281 g/mol. The highest BCUT2D eigenvalue weighted by atomic mass is 19.1. The molecule has 0 radical (unpaired) electrons. The van der Waals surface area contributed by atoms with Crippen molar-refractivity contribution in [1.29, 1.82) is 0 Å². The molecule has 1 aromatic carbocycles. The van der Waals surface area contributed by atoms with Gasteiger partial charge in [0.15, 0.2) is 0 Å². The summed E-state index contributed by atoms with van der Waals surface area (Å²) >= 11 is 0. The summed E-state index contributed by atoms with van der Waals surface area (Å²) in [6.07, 6.45) is 3.46. The van der Waals surface area contributed by atoms with Gasteiger partial charge in [0, 0.05) is 32.0 Å². The predicted molar refractivity (Wildman–Crippen MR) is 82.0 cm³/mol. The fourth-order valence-corrected chi connectivity index (χ4v) is 2.78. The van der Waals surface area contributed by atoms with Crippen molar-refractivity contribution in [2.75, 3.05) is 19.6 Å².